The first-order valence-electron chi connectivity index (χ1n) is 8.50. The fourth-order valence-corrected chi connectivity index (χ4v) is 3.97. The van der Waals surface area contributed by atoms with Gasteiger partial charge in [0.25, 0.3) is 0 Å². The Hall–Kier alpha value is -2.75. The molecule has 2 aromatic rings. The van der Waals surface area contributed by atoms with Gasteiger partial charge in [-0.15, -0.1) is 0 Å². The van der Waals surface area contributed by atoms with Crippen LogP contribution in [0.5, 0.6) is 5.75 Å². The molecule has 0 unspecified atom stereocenters. The molecule has 4 nitrogen and oxygen atoms in total. The van der Waals surface area contributed by atoms with Crippen LogP contribution in [0.3, 0.4) is 0 Å². The summed E-state index contributed by atoms with van der Waals surface area (Å²) in [6.07, 6.45) is 5.61. The first-order chi connectivity index (χ1) is 12.2. The summed E-state index contributed by atoms with van der Waals surface area (Å²) in [5.74, 6) is 1.43. The minimum Gasteiger partial charge on any atom is -0.497 e. The summed E-state index contributed by atoms with van der Waals surface area (Å²) in [6, 6.07) is 14.1. The first-order valence-corrected chi connectivity index (χ1v) is 8.50. The Bertz CT molecular complexity index is 826. The van der Waals surface area contributed by atoms with E-state index in [9.17, 15) is 4.79 Å². The molecule has 0 amide bonds. The zero-order valence-corrected chi connectivity index (χ0v) is 14.4. The highest BCUT2D eigenvalue weighted by molar-refractivity contribution is 5.89. The molecule has 3 atom stereocenters. The van der Waals surface area contributed by atoms with Crippen LogP contribution < -0.4 is 10.1 Å². The van der Waals surface area contributed by atoms with Crippen LogP contribution in [0, 0.1) is 5.92 Å². The Kier molecular flexibility index (Phi) is 3.96. The van der Waals surface area contributed by atoms with Crippen LogP contribution in [0.15, 0.2) is 54.6 Å². The van der Waals surface area contributed by atoms with E-state index in [4.69, 9.17) is 9.47 Å². The minimum absolute atomic E-state index is 0.215. The van der Waals surface area contributed by atoms with Gasteiger partial charge < -0.3 is 14.8 Å². The number of carbonyl (C=O) groups excluding carboxylic acids is 1. The van der Waals surface area contributed by atoms with Gasteiger partial charge in [-0.2, -0.15) is 0 Å². The molecule has 4 heteroatoms. The van der Waals surface area contributed by atoms with Gasteiger partial charge in [0, 0.05) is 11.6 Å². The normalized spacial score (nSPS) is 23.4. The molecule has 0 aromatic heterocycles. The van der Waals surface area contributed by atoms with Gasteiger partial charge >= 0.3 is 5.97 Å². The molecule has 0 fully saturated rings. The van der Waals surface area contributed by atoms with Crippen molar-refractivity contribution in [2.45, 2.75) is 18.4 Å². The van der Waals surface area contributed by atoms with Gasteiger partial charge in [0.2, 0.25) is 0 Å². The fourth-order valence-electron chi connectivity index (χ4n) is 3.97. The Morgan fingerprint density at radius 2 is 1.92 bits per heavy atom. The monoisotopic (exact) mass is 335 g/mol. The molecule has 2 aromatic carbocycles. The topological polar surface area (TPSA) is 47.6 Å². The van der Waals surface area contributed by atoms with Crippen LogP contribution in [0.1, 0.15) is 39.9 Å². The summed E-state index contributed by atoms with van der Waals surface area (Å²) >= 11 is 0. The van der Waals surface area contributed by atoms with Crippen molar-refractivity contribution in [3.8, 4) is 5.75 Å². The Morgan fingerprint density at radius 3 is 2.64 bits per heavy atom. The molecule has 0 spiro atoms. The summed E-state index contributed by atoms with van der Waals surface area (Å²) in [5, 5.41) is 3.69. The molecule has 1 N–H and O–H groups in total. The number of fused-ring (bicyclic) bond motifs is 3. The molecule has 4 rings (SSSR count). The molecule has 0 radical (unpaired) electrons. The van der Waals surface area contributed by atoms with E-state index in [2.05, 4.69) is 29.6 Å². The third-order valence-corrected chi connectivity index (χ3v) is 5.26. The van der Waals surface area contributed by atoms with Crippen LogP contribution in [-0.2, 0) is 4.74 Å². The maximum absolute atomic E-state index is 11.6. The van der Waals surface area contributed by atoms with E-state index in [0.717, 1.165) is 17.9 Å². The maximum atomic E-state index is 11.6. The van der Waals surface area contributed by atoms with E-state index in [-0.39, 0.29) is 12.0 Å². The van der Waals surface area contributed by atoms with Gasteiger partial charge in [-0.05, 0) is 53.8 Å². The lowest BCUT2D eigenvalue weighted by molar-refractivity contribution is 0.0600. The second kappa shape index (κ2) is 6.28. The summed E-state index contributed by atoms with van der Waals surface area (Å²) in [4.78, 5) is 11.6. The van der Waals surface area contributed by atoms with Crippen LogP contribution in [0.4, 0.5) is 5.69 Å². The van der Waals surface area contributed by atoms with Crippen LogP contribution in [0.25, 0.3) is 0 Å². The molecule has 2 aliphatic rings. The second-order valence-corrected chi connectivity index (χ2v) is 6.54. The van der Waals surface area contributed by atoms with E-state index in [1.54, 1.807) is 7.11 Å². The molecule has 1 aliphatic heterocycles. The molecule has 128 valence electrons. The lowest BCUT2D eigenvalue weighted by Crippen LogP contribution is -2.29. The number of nitrogens with one attached hydrogen (secondary N) is 1. The molecule has 0 saturated carbocycles. The second-order valence-electron chi connectivity index (χ2n) is 6.54. The van der Waals surface area contributed by atoms with Crippen molar-refractivity contribution in [2.75, 3.05) is 19.5 Å². The minimum atomic E-state index is -0.305. The lowest BCUT2D eigenvalue weighted by atomic mass is 9.77. The number of benzene rings is 2. The van der Waals surface area contributed by atoms with E-state index < -0.39 is 0 Å². The highest BCUT2D eigenvalue weighted by atomic mass is 16.5. The van der Waals surface area contributed by atoms with Crippen molar-refractivity contribution >= 4 is 11.7 Å². The summed E-state index contributed by atoms with van der Waals surface area (Å²) in [6.45, 7) is 0. The molecular weight excluding hydrogens is 314 g/mol. The number of carbonyl (C=O) groups is 1. The van der Waals surface area contributed by atoms with Crippen molar-refractivity contribution in [1.82, 2.24) is 0 Å². The first kappa shape index (κ1) is 15.8. The number of hydrogen-bond donors (Lipinski definition) is 1. The highest BCUT2D eigenvalue weighted by Crippen LogP contribution is 2.50. The van der Waals surface area contributed by atoms with E-state index in [1.165, 1.54) is 18.2 Å². The SMILES string of the molecule is COC(=O)c1ccc([C@@H]2Nc3ccc(OC)cc3[C@@H]3C=CC[C@H]32)cc1. The van der Waals surface area contributed by atoms with E-state index >= 15 is 0 Å². The third-order valence-electron chi connectivity index (χ3n) is 5.26. The summed E-state index contributed by atoms with van der Waals surface area (Å²) < 4.78 is 10.2. The molecular formula is C21H21NO3. The van der Waals surface area contributed by atoms with Crippen LogP contribution >= 0.6 is 0 Å². The number of methoxy groups -OCH3 is 2. The number of hydrogen-bond acceptors (Lipinski definition) is 4. The lowest BCUT2D eigenvalue weighted by Gasteiger charge is -2.37. The predicted molar refractivity (Wildman–Crippen MR) is 97.1 cm³/mol. The van der Waals surface area contributed by atoms with Crippen molar-refractivity contribution in [3.05, 3.63) is 71.3 Å². The van der Waals surface area contributed by atoms with Gasteiger partial charge in [0.05, 0.1) is 25.8 Å². The summed E-state index contributed by atoms with van der Waals surface area (Å²) in [5.41, 5.74) is 4.21. The number of ether oxygens (including phenoxy) is 2. The van der Waals surface area contributed by atoms with Crippen molar-refractivity contribution in [3.63, 3.8) is 0 Å². The van der Waals surface area contributed by atoms with Gasteiger partial charge in [-0.3, -0.25) is 0 Å². The average molecular weight is 335 g/mol. The standard InChI is InChI=1S/C21H21NO3/c1-24-15-10-11-19-18(12-15)16-4-3-5-17(16)20(22-19)13-6-8-14(9-7-13)21(23)25-2/h3-4,6-12,16-17,20,22H,5H2,1-2H3/t16-,17-,20+/m1/s1. The van der Waals surface area contributed by atoms with Crippen LogP contribution in [-0.4, -0.2) is 20.2 Å². The average Bonchev–Trinajstić information content (AvgIpc) is 3.16. The molecule has 0 saturated heterocycles. The maximum Gasteiger partial charge on any atom is 0.337 e. The van der Waals surface area contributed by atoms with E-state index in [0.29, 0.717) is 17.4 Å². The number of allylic oxidation sites excluding steroid dienone is 2. The van der Waals surface area contributed by atoms with E-state index in [1.807, 2.05) is 30.3 Å². The third kappa shape index (κ3) is 2.68. The Labute approximate surface area is 147 Å². The van der Waals surface area contributed by atoms with Crippen LogP contribution in [0.2, 0.25) is 0 Å². The van der Waals surface area contributed by atoms with Gasteiger partial charge in [0.15, 0.2) is 0 Å². The zero-order chi connectivity index (χ0) is 17.4. The Balaban J connectivity index is 1.68. The molecule has 25 heavy (non-hydrogen) atoms. The molecule has 1 aliphatic carbocycles. The molecule has 0 bridgehead atoms. The summed E-state index contributed by atoms with van der Waals surface area (Å²) in [7, 11) is 3.10. The quantitative estimate of drug-likeness (QED) is 0.671. The largest absolute Gasteiger partial charge is 0.497 e. The van der Waals surface area contributed by atoms with Crippen molar-refractivity contribution in [1.29, 1.82) is 0 Å². The van der Waals surface area contributed by atoms with Crippen molar-refractivity contribution in [2.24, 2.45) is 5.92 Å². The fraction of sp³-hybridized carbons (Fsp3) is 0.286. The van der Waals surface area contributed by atoms with Gasteiger partial charge in [-0.25, -0.2) is 4.79 Å². The highest BCUT2D eigenvalue weighted by Gasteiger charge is 2.38. The number of rotatable bonds is 3. The Morgan fingerprint density at radius 1 is 1.12 bits per heavy atom. The van der Waals surface area contributed by atoms with Gasteiger partial charge in [0.1, 0.15) is 5.75 Å². The predicted octanol–water partition coefficient (Wildman–Crippen LogP) is 4.31. The number of esters is 1. The number of anilines is 1. The van der Waals surface area contributed by atoms with Gasteiger partial charge in [-0.1, -0.05) is 24.3 Å². The molecule has 1 heterocycles. The smallest absolute Gasteiger partial charge is 0.337 e. The van der Waals surface area contributed by atoms with Crippen molar-refractivity contribution < 1.29 is 14.3 Å². The zero-order valence-electron chi connectivity index (χ0n) is 14.4.